The molecule has 0 bridgehead atoms. The molecule has 1 aliphatic heterocycles. The Hall–Kier alpha value is -1.35. The van der Waals surface area contributed by atoms with Crippen LogP contribution in [0.4, 0.5) is 0 Å². The molecule has 0 saturated carbocycles. The summed E-state index contributed by atoms with van der Waals surface area (Å²) in [4.78, 5) is 13.4. The standard InChI is InChI=1S/C11H14N2O/c14-11(9-13-6-7-13)12-8-10-4-2-1-3-5-10/h1-5H,6-9H2,(H,12,14). The summed E-state index contributed by atoms with van der Waals surface area (Å²) in [5.41, 5.74) is 1.15. The van der Waals surface area contributed by atoms with Gasteiger partial charge in [0.25, 0.3) is 0 Å². The van der Waals surface area contributed by atoms with Crippen LogP contribution in [0.25, 0.3) is 0 Å². The second-order valence-electron chi connectivity index (χ2n) is 3.54. The number of carbonyl (C=O) groups is 1. The first-order valence-electron chi connectivity index (χ1n) is 4.87. The molecule has 3 nitrogen and oxygen atoms in total. The van der Waals surface area contributed by atoms with Gasteiger partial charge in [-0.05, 0) is 5.56 Å². The summed E-state index contributed by atoms with van der Waals surface area (Å²) in [6.07, 6.45) is 0. The minimum absolute atomic E-state index is 0.117. The maximum Gasteiger partial charge on any atom is 0.234 e. The van der Waals surface area contributed by atoms with Crippen molar-refractivity contribution in [1.82, 2.24) is 10.2 Å². The van der Waals surface area contributed by atoms with Crippen LogP contribution < -0.4 is 5.32 Å². The molecule has 3 heteroatoms. The number of rotatable bonds is 4. The van der Waals surface area contributed by atoms with Crippen molar-refractivity contribution in [2.45, 2.75) is 6.54 Å². The molecule has 1 aromatic rings. The Balaban J connectivity index is 1.73. The number of nitrogens with zero attached hydrogens (tertiary/aromatic N) is 1. The van der Waals surface area contributed by atoms with Gasteiger partial charge < -0.3 is 5.32 Å². The quantitative estimate of drug-likeness (QED) is 0.706. The monoisotopic (exact) mass is 190 g/mol. The van der Waals surface area contributed by atoms with Gasteiger partial charge in [-0.15, -0.1) is 0 Å². The molecule has 1 heterocycles. The summed E-state index contributed by atoms with van der Waals surface area (Å²) in [5, 5.41) is 2.89. The van der Waals surface area contributed by atoms with Gasteiger partial charge in [-0.3, -0.25) is 9.69 Å². The molecule has 1 N–H and O–H groups in total. The van der Waals surface area contributed by atoms with Crippen LogP contribution in [0.15, 0.2) is 30.3 Å². The van der Waals surface area contributed by atoms with E-state index in [2.05, 4.69) is 10.2 Å². The van der Waals surface area contributed by atoms with Gasteiger partial charge in [-0.1, -0.05) is 30.3 Å². The molecule has 74 valence electrons. The fraction of sp³-hybridized carbons (Fsp3) is 0.364. The van der Waals surface area contributed by atoms with Crippen LogP contribution in [-0.4, -0.2) is 30.4 Å². The Morgan fingerprint density at radius 2 is 2.00 bits per heavy atom. The van der Waals surface area contributed by atoms with Crippen molar-refractivity contribution in [1.29, 1.82) is 0 Å². The lowest BCUT2D eigenvalue weighted by Crippen LogP contribution is -2.29. The zero-order valence-corrected chi connectivity index (χ0v) is 8.07. The Bertz CT molecular complexity index is 306. The fourth-order valence-electron chi connectivity index (χ4n) is 1.28. The summed E-state index contributed by atoms with van der Waals surface area (Å²) in [6, 6.07) is 9.95. The molecule has 1 saturated heterocycles. The average Bonchev–Trinajstić information content (AvgIpc) is 3.00. The first-order chi connectivity index (χ1) is 6.84. The maximum atomic E-state index is 11.3. The first-order valence-corrected chi connectivity index (χ1v) is 4.87. The highest BCUT2D eigenvalue weighted by Crippen LogP contribution is 2.01. The van der Waals surface area contributed by atoms with Gasteiger partial charge in [-0.25, -0.2) is 0 Å². The van der Waals surface area contributed by atoms with Crippen molar-refractivity contribution in [3.63, 3.8) is 0 Å². The molecule has 1 fully saturated rings. The molecule has 0 unspecified atom stereocenters. The average molecular weight is 190 g/mol. The van der Waals surface area contributed by atoms with Crippen LogP contribution in [0.1, 0.15) is 5.56 Å². The second-order valence-corrected chi connectivity index (χ2v) is 3.54. The zero-order chi connectivity index (χ0) is 9.80. The van der Waals surface area contributed by atoms with Crippen molar-refractivity contribution in [3.8, 4) is 0 Å². The molecule has 0 spiro atoms. The molecule has 0 atom stereocenters. The number of carbonyl (C=O) groups excluding carboxylic acids is 1. The van der Waals surface area contributed by atoms with Gasteiger partial charge >= 0.3 is 0 Å². The lowest BCUT2D eigenvalue weighted by atomic mass is 10.2. The van der Waals surface area contributed by atoms with E-state index in [1.807, 2.05) is 30.3 Å². The topological polar surface area (TPSA) is 32.1 Å². The molecule has 0 aromatic heterocycles. The van der Waals surface area contributed by atoms with Crippen molar-refractivity contribution < 1.29 is 4.79 Å². The summed E-state index contributed by atoms with van der Waals surface area (Å²) in [7, 11) is 0. The van der Waals surface area contributed by atoms with Crippen LogP contribution in [0.2, 0.25) is 0 Å². The van der Waals surface area contributed by atoms with E-state index in [1.165, 1.54) is 0 Å². The lowest BCUT2D eigenvalue weighted by molar-refractivity contribution is -0.121. The first kappa shape index (κ1) is 9.21. The van der Waals surface area contributed by atoms with Gasteiger partial charge in [0.15, 0.2) is 0 Å². The summed E-state index contributed by atoms with van der Waals surface area (Å²) >= 11 is 0. The van der Waals surface area contributed by atoms with Crippen LogP contribution >= 0.6 is 0 Å². The predicted molar refractivity (Wildman–Crippen MR) is 54.7 cm³/mol. The van der Waals surface area contributed by atoms with E-state index in [1.54, 1.807) is 0 Å². The van der Waals surface area contributed by atoms with E-state index in [4.69, 9.17) is 0 Å². The summed E-state index contributed by atoms with van der Waals surface area (Å²) in [5.74, 6) is 0.117. The number of amides is 1. The second kappa shape index (κ2) is 4.24. The molecule has 0 radical (unpaired) electrons. The van der Waals surface area contributed by atoms with Crippen molar-refractivity contribution in [2.24, 2.45) is 0 Å². The smallest absolute Gasteiger partial charge is 0.234 e. The molecular weight excluding hydrogens is 176 g/mol. The molecule has 0 aliphatic carbocycles. The lowest BCUT2D eigenvalue weighted by Gasteiger charge is -2.04. The molecule has 14 heavy (non-hydrogen) atoms. The number of hydrogen-bond acceptors (Lipinski definition) is 2. The number of nitrogens with one attached hydrogen (secondary N) is 1. The van der Waals surface area contributed by atoms with Gasteiger partial charge in [0, 0.05) is 19.6 Å². The Kier molecular flexibility index (Phi) is 2.79. The van der Waals surface area contributed by atoms with E-state index in [0.29, 0.717) is 13.1 Å². The van der Waals surface area contributed by atoms with E-state index >= 15 is 0 Å². The minimum atomic E-state index is 0.117. The minimum Gasteiger partial charge on any atom is -0.351 e. The molecule has 1 aromatic carbocycles. The summed E-state index contributed by atoms with van der Waals surface area (Å²) < 4.78 is 0. The molecule has 1 amide bonds. The SMILES string of the molecule is O=C(CN1CC1)NCc1ccccc1. The summed E-state index contributed by atoms with van der Waals surface area (Å²) in [6.45, 7) is 3.32. The number of benzene rings is 1. The highest BCUT2D eigenvalue weighted by Gasteiger charge is 2.19. The Morgan fingerprint density at radius 1 is 1.29 bits per heavy atom. The van der Waals surface area contributed by atoms with E-state index in [-0.39, 0.29) is 5.91 Å². The fourth-order valence-corrected chi connectivity index (χ4v) is 1.28. The third-order valence-electron chi connectivity index (χ3n) is 2.24. The van der Waals surface area contributed by atoms with Gasteiger partial charge in [0.05, 0.1) is 6.54 Å². The van der Waals surface area contributed by atoms with Gasteiger partial charge in [-0.2, -0.15) is 0 Å². The van der Waals surface area contributed by atoms with E-state index in [9.17, 15) is 4.79 Å². The maximum absolute atomic E-state index is 11.3. The van der Waals surface area contributed by atoms with Gasteiger partial charge in [0.2, 0.25) is 5.91 Å². The molecule has 1 aliphatic rings. The highest BCUT2D eigenvalue weighted by molar-refractivity contribution is 5.78. The molecular formula is C11H14N2O. The van der Waals surface area contributed by atoms with Crippen LogP contribution in [0.5, 0.6) is 0 Å². The van der Waals surface area contributed by atoms with Crippen molar-refractivity contribution >= 4 is 5.91 Å². The predicted octanol–water partition coefficient (Wildman–Crippen LogP) is 0.618. The third kappa shape index (κ3) is 2.85. The zero-order valence-electron chi connectivity index (χ0n) is 8.07. The Labute approximate surface area is 83.7 Å². The largest absolute Gasteiger partial charge is 0.351 e. The normalized spacial score (nSPS) is 15.1. The highest BCUT2D eigenvalue weighted by atomic mass is 16.2. The van der Waals surface area contributed by atoms with Crippen molar-refractivity contribution in [3.05, 3.63) is 35.9 Å². The van der Waals surface area contributed by atoms with Crippen LogP contribution in [0, 0.1) is 0 Å². The van der Waals surface area contributed by atoms with Crippen LogP contribution in [0.3, 0.4) is 0 Å². The van der Waals surface area contributed by atoms with Crippen molar-refractivity contribution in [2.75, 3.05) is 19.6 Å². The van der Waals surface area contributed by atoms with E-state index < -0.39 is 0 Å². The Morgan fingerprint density at radius 3 is 2.64 bits per heavy atom. The van der Waals surface area contributed by atoms with E-state index in [0.717, 1.165) is 18.7 Å². The van der Waals surface area contributed by atoms with Crippen LogP contribution in [-0.2, 0) is 11.3 Å². The third-order valence-corrected chi connectivity index (χ3v) is 2.24. The number of hydrogen-bond donors (Lipinski definition) is 1. The molecule has 2 rings (SSSR count). The van der Waals surface area contributed by atoms with Gasteiger partial charge in [0.1, 0.15) is 0 Å².